The number of aliphatic hydroxyl groups excluding tert-OH is 1. The predicted octanol–water partition coefficient (Wildman–Crippen LogP) is 5.01. The summed E-state index contributed by atoms with van der Waals surface area (Å²) in [7, 11) is 5.34. The summed E-state index contributed by atoms with van der Waals surface area (Å²) in [5.41, 5.74) is 1.17. The first-order valence-electron chi connectivity index (χ1n) is 12.4. The topological polar surface area (TPSA) is 92.5 Å². The molecule has 1 amide bonds. The predicted molar refractivity (Wildman–Crippen MR) is 141 cm³/mol. The molecule has 0 bridgehead atoms. The molecule has 8 heteroatoms. The highest BCUT2D eigenvalue weighted by molar-refractivity contribution is 6.16. The van der Waals surface area contributed by atoms with Crippen LogP contribution >= 0.6 is 0 Å². The van der Waals surface area contributed by atoms with Crippen LogP contribution in [0.5, 0.6) is 11.5 Å². The zero-order chi connectivity index (χ0) is 26.7. The van der Waals surface area contributed by atoms with Crippen LogP contribution in [0.4, 0.5) is 0 Å². The number of fused-ring (bicyclic) bond motifs is 1. The molecule has 4 rings (SSSR count). The minimum absolute atomic E-state index is 0.0154. The molecule has 1 atom stereocenters. The fraction of sp³-hybridized carbons (Fsp3) is 0.379. The lowest BCUT2D eigenvalue weighted by Crippen LogP contribution is -2.36. The Morgan fingerprint density at radius 3 is 2.57 bits per heavy atom. The zero-order valence-electron chi connectivity index (χ0n) is 22.0. The van der Waals surface area contributed by atoms with Gasteiger partial charge in [0.1, 0.15) is 5.58 Å². The second-order valence-electron chi connectivity index (χ2n) is 9.89. The van der Waals surface area contributed by atoms with E-state index in [-0.39, 0.29) is 11.3 Å². The van der Waals surface area contributed by atoms with Crippen LogP contribution in [0, 0.1) is 5.92 Å². The number of carbonyl (C=O) groups excluding carboxylic acids is 2. The van der Waals surface area contributed by atoms with E-state index >= 15 is 0 Å². The molecular formula is C29H34N2O6. The summed E-state index contributed by atoms with van der Waals surface area (Å²) in [4.78, 5) is 30.4. The monoisotopic (exact) mass is 506 g/mol. The Hall–Kier alpha value is -3.78. The summed E-state index contributed by atoms with van der Waals surface area (Å²) in [6.45, 7) is 5.66. The smallest absolute Gasteiger partial charge is 0.290 e. The molecule has 0 spiro atoms. The Balaban J connectivity index is 1.74. The van der Waals surface area contributed by atoms with Gasteiger partial charge >= 0.3 is 0 Å². The number of furan rings is 1. The van der Waals surface area contributed by atoms with E-state index in [2.05, 4.69) is 13.8 Å². The van der Waals surface area contributed by atoms with Crippen LogP contribution in [-0.4, -0.2) is 67.5 Å². The van der Waals surface area contributed by atoms with Crippen LogP contribution < -0.4 is 9.47 Å². The number of aliphatic hydroxyl groups is 1. The number of hydrogen-bond acceptors (Lipinski definition) is 7. The number of nitrogens with zero attached hydrogens (tertiary/aromatic N) is 2. The summed E-state index contributed by atoms with van der Waals surface area (Å²) < 4.78 is 17.3. The van der Waals surface area contributed by atoms with Gasteiger partial charge in [0.15, 0.2) is 23.0 Å². The number of methoxy groups -OCH3 is 1. The molecule has 1 aliphatic rings. The first-order chi connectivity index (χ1) is 17.7. The SMILES string of the molecule is COc1cc([C@@H]2C(C(=O)c3cc4ccccc4o3)=C(O)C(=O)N2CCN(C)C)ccc1OCCC(C)C. The van der Waals surface area contributed by atoms with Gasteiger partial charge < -0.3 is 28.8 Å². The lowest BCUT2D eigenvalue weighted by molar-refractivity contribution is -0.129. The molecule has 196 valence electrons. The van der Waals surface area contributed by atoms with E-state index in [1.54, 1.807) is 37.4 Å². The van der Waals surface area contributed by atoms with Crippen molar-refractivity contribution in [2.24, 2.45) is 5.92 Å². The van der Waals surface area contributed by atoms with Crippen LogP contribution in [-0.2, 0) is 4.79 Å². The number of para-hydroxylation sites is 1. The van der Waals surface area contributed by atoms with Gasteiger partial charge in [0.2, 0.25) is 5.78 Å². The Labute approximate surface area is 217 Å². The number of carbonyl (C=O) groups is 2. The molecule has 0 aliphatic carbocycles. The number of ketones is 1. The van der Waals surface area contributed by atoms with E-state index in [0.717, 1.165) is 11.8 Å². The Bertz CT molecular complexity index is 1290. The largest absolute Gasteiger partial charge is 0.503 e. The number of benzene rings is 2. The number of hydrogen-bond donors (Lipinski definition) is 1. The van der Waals surface area contributed by atoms with E-state index in [4.69, 9.17) is 13.9 Å². The van der Waals surface area contributed by atoms with Gasteiger partial charge in [-0.2, -0.15) is 0 Å². The molecule has 1 N–H and O–H groups in total. The van der Waals surface area contributed by atoms with E-state index in [0.29, 0.717) is 48.3 Å². The maximum absolute atomic E-state index is 13.7. The van der Waals surface area contributed by atoms with E-state index in [1.807, 2.05) is 37.2 Å². The molecule has 0 radical (unpaired) electrons. The highest BCUT2D eigenvalue weighted by atomic mass is 16.5. The van der Waals surface area contributed by atoms with Crippen molar-refractivity contribution >= 4 is 22.7 Å². The maximum Gasteiger partial charge on any atom is 0.290 e. The molecule has 0 saturated carbocycles. The minimum Gasteiger partial charge on any atom is -0.503 e. The fourth-order valence-electron chi connectivity index (χ4n) is 4.38. The molecule has 37 heavy (non-hydrogen) atoms. The lowest BCUT2D eigenvalue weighted by Gasteiger charge is -2.28. The van der Waals surface area contributed by atoms with Gasteiger partial charge in [0, 0.05) is 18.5 Å². The summed E-state index contributed by atoms with van der Waals surface area (Å²) in [6, 6.07) is 13.4. The van der Waals surface area contributed by atoms with Gasteiger partial charge in [-0.25, -0.2) is 0 Å². The summed E-state index contributed by atoms with van der Waals surface area (Å²) in [5.74, 6) is -0.0585. The van der Waals surface area contributed by atoms with Crippen molar-refractivity contribution in [1.82, 2.24) is 9.80 Å². The number of Topliss-reactive ketones (excluding diaryl/α,β-unsaturated/α-hetero) is 1. The first kappa shape index (κ1) is 26.3. The van der Waals surface area contributed by atoms with E-state index < -0.39 is 23.5 Å². The summed E-state index contributed by atoms with van der Waals surface area (Å²) >= 11 is 0. The van der Waals surface area contributed by atoms with Crippen molar-refractivity contribution in [3.63, 3.8) is 0 Å². The van der Waals surface area contributed by atoms with Gasteiger partial charge in [-0.15, -0.1) is 0 Å². The molecule has 1 aromatic heterocycles. The van der Waals surface area contributed by atoms with Crippen LogP contribution in [0.2, 0.25) is 0 Å². The average Bonchev–Trinajstić information content (AvgIpc) is 3.41. The zero-order valence-corrected chi connectivity index (χ0v) is 22.0. The van der Waals surface area contributed by atoms with Crippen molar-refractivity contribution in [3.8, 4) is 11.5 Å². The molecule has 1 aliphatic heterocycles. The van der Waals surface area contributed by atoms with Gasteiger partial charge in [0.05, 0.1) is 25.3 Å². The third-order valence-electron chi connectivity index (χ3n) is 6.44. The second kappa shape index (κ2) is 11.1. The standard InChI is InChI=1S/C29H34N2O6/c1-18(2)12-15-36-22-11-10-20(17-23(22)35-5)26-25(28(33)29(34)31(26)14-13-30(3)4)27(32)24-16-19-8-6-7-9-21(19)37-24/h6-11,16-18,26,33H,12-15H2,1-5H3/t26-/m1/s1. The first-order valence-corrected chi connectivity index (χ1v) is 12.4. The van der Waals surface area contributed by atoms with Crippen LogP contribution in [0.1, 0.15) is 42.4 Å². The number of ether oxygens (including phenoxy) is 2. The van der Waals surface area contributed by atoms with Crippen molar-refractivity contribution in [2.45, 2.75) is 26.3 Å². The third kappa shape index (κ3) is 5.49. The van der Waals surface area contributed by atoms with Gasteiger partial charge in [-0.3, -0.25) is 9.59 Å². The van der Waals surface area contributed by atoms with Crippen molar-refractivity contribution in [2.75, 3.05) is 40.9 Å². The van der Waals surface area contributed by atoms with Crippen LogP contribution in [0.15, 0.2) is 64.3 Å². The van der Waals surface area contributed by atoms with Crippen molar-refractivity contribution < 1.29 is 28.6 Å². The molecule has 0 fully saturated rings. The average molecular weight is 507 g/mol. The molecular weight excluding hydrogens is 472 g/mol. The summed E-state index contributed by atoms with van der Waals surface area (Å²) in [5, 5.41) is 11.7. The third-order valence-corrected chi connectivity index (χ3v) is 6.44. The molecule has 8 nitrogen and oxygen atoms in total. The molecule has 0 unspecified atom stereocenters. The van der Waals surface area contributed by atoms with Gasteiger partial charge in [0.25, 0.3) is 5.91 Å². The molecule has 2 heterocycles. The van der Waals surface area contributed by atoms with Crippen molar-refractivity contribution in [3.05, 3.63) is 71.2 Å². The van der Waals surface area contributed by atoms with Crippen LogP contribution in [0.3, 0.4) is 0 Å². The van der Waals surface area contributed by atoms with E-state index in [1.165, 1.54) is 4.90 Å². The normalized spacial score (nSPS) is 15.9. The molecule has 2 aromatic carbocycles. The molecule has 0 saturated heterocycles. The number of rotatable bonds is 11. The second-order valence-corrected chi connectivity index (χ2v) is 9.89. The highest BCUT2D eigenvalue weighted by Gasteiger charge is 2.44. The summed E-state index contributed by atoms with van der Waals surface area (Å²) in [6.07, 6.45) is 0.896. The van der Waals surface area contributed by atoms with Gasteiger partial charge in [-0.1, -0.05) is 38.1 Å². The highest BCUT2D eigenvalue weighted by Crippen LogP contribution is 2.42. The number of likely N-dealkylation sites (N-methyl/N-ethyl adjacent to an activating group) is 1. The van der Waals surface area contributed by atoms with Gasteiger partial charge in [-0.05, 0) is 56.3 Å². The Morgan fingerprint density at radius 2 is 1.89 bits per heavy atom. The fourth-order valence-corrected chi connectivity index (χ4v) is 4.38. The number of amides is 1. The van der Waals surface area contributed by atoms with Crippen LogP contribution in [0.25, 0.3) is 11.0 Å². The Morgan fingerprint density at radius 1 is 1.14 bits per heavy atom. The lowest BCUT2D eigenvalue weighted by atomic mass is 9.94. The molecule has 3 aromatic rings. The maximum atomic E-state index is 13.7. The Kier molecular flexibility index (Phi) is 7.88. The quantitative estimate of drug-likeness (QED) is 0.366. The minimum atomic E-state index is -0.813. The van der Waals surface area contributed by atoms with Crippen molar-refractivity contribution in [1.29, 1.82) is 0 Å². The van der Waals surface area contributed by atoms with E-state index in [9.17, 15) is 14.7 Å².